The normalized spacial score (nSPS) is 28.3. The first-order valence-corrected chi connectivity index (χ1v) is 39.4. The molecule has 0 spiro atoms. The van der Waals surface area contributed by atoms with Crippen LogP contribution in [0.2, 0.25) is 0 Å². The van der Waals surface area contributed by atoms with E-state index in [-0.39, 0.29) is 57.3 Å². The third-order valence-corrected chi connectivity index (χ3v) is 22.3. The number of amides is 17. The van der Waals surface area contributed by atoms with Crippen molar-refractivity contribution >= 4 is 150 Å². The van der Waals surface area contributed by atoms with Crippen LogP contribution in [0.25, 0.3) is 0 Å². The van der Waals surface area contributed by atoms with Gasteiger partial charge in [-0.25, -0.2) is 9.97 Å². The van der Waals surface area contributed by atoms with Gasteiger partial charge >= 0.3 is 5.97 Å². The van der Waals surface area contributed by atoms with Gasteiger partial charge in [-0.1, -0.05) is 57.0 Å². The molecule has 24 N–H and O–H groups in total. The number of aliphatic carboxylic acids is 1. The van der Waals surface area contributed by atoms with Crippen LogP contribution in [0.3, 0.4) is 0 Å². The number of hydrogen-bond acceptors (Lipinski definition) is 27. The van der Waals surface area contributed by atoms with Gasteiger partial charge in [-0.05, 0) is 51.9 Å². The van der Waals surface area contributed by atoms with E-state index in [1.165, 1.54) is 52.7 Å². The van der Waals surface area contributed by atoms with Gasteiger partial charge in [-0.2, -0.15) is 0 Å². The number of nitrogens with one attached hydrogen (secondary N) is 15. The van der Waals surface area contributed by atoms with E-state index in [0.29, 0.717) is 5.69 Å². The Kier molecular flexibility index (Phi) is 34.6. The smallest absolute Gasteiger partial charge is 0.303 e. The fourth-order valence-corrected chi connectivity index (χ4v) is 16.1. The summed E-state index contributed by atoms with van der Waals surface area (Å²) in [6.45, 7) is 2.14. The molecule has 600 valence electrons. The van der Waals surface area contributed by atoms with Crippen LogP contribution in [-0.4, -0.2) is 298 Å². The molecule has 2 aromatic heterocycles. The predicted molar refractivity (Wildman–Crippen MR) is 388 cm³/mol. The number of primary amides is 2. The Hall–Kier alpha value is -9.84. The summed E-state index contributed by atoms with van der Waals surface area (Å²) in [6, 6.07) is -24.7. The van der Waals surface area contributed by atoms with Crippen molar-refractivity contribution in [2.75, 3.05) is 55.9 Å². The van der Waals surface area contributed by atoms with E-state index in [0.717, 1.165) is 53.0 Å². The largest absolute Gasteiger partial charge is 0.481 e. The SMILES string of the molecule is CC(C)[C@@H]1NC(=O)[C@H](CO)NC(=O)[C@@H]2CSSC[C@H](NC(=O)CN)C(=O)N[C@@H](CSSC[C@@H](C(N)=O)NC(=O)[C@H](C)NC(=O)[C@H](CCC(=O)O)NC(=O)[C@@H]3CCCN3C(=O)[C@H](Cc3cnc[nH]3)NC(=O)[C@H](CC(N)=O)NC1=O)C(=O)N[C@@H](CO)C(=O)N[C@@H](Cc1cnc[nH]1)C(=O)N1CCC[C@H]1C(=O)N[C@@H](C)C(=O)N2. The molecule has 4 aliphatic heterocycles. The summed E-state index contributed by atoms with van der Waals surface area (Å²) in [5.41, 5.74) is 17.5. The predicted octanol–water partition coefficient (Wildman–Crippen LogP) is -10.1. The number of nitrogens with two attached hydrogens (primary N) is 3. The van der Waals surface area contributed by atoms with Crippen LogP contribution in [0.5, 0.6) is 0 Å². The fraction of sp³-hybridized carbons (Fsp3) is 0.613. The minimum Gasteiger partial charge on any atom is -0.481 e. The van der Waals surface area contributed by atoms with Gasteiger partial charge in [0.05, 0.1) is 38.8 Å². The van der Waals surface area contributed by atoms with Crippen molar-refractivity contribution in [1.29, 1.82) is 0 Å². The number of rotatable bonds is 15. The van der Waals surface area contributed by atoms with Gasteiger partial charge in [0.25, 0.3) is 0 Å². The fourth-order valence-electron chi connectivity index (χ4n) is 11.5. The van der Waals surface area contributed by atoms with Crippen LogP contribution < -0.4 is 86.3 Å². The third-order valence-electron chi connectivity index (χ3n) is 17.4. The minimum atomic E-state index is -1.95. The number of aliphatic hydroxyl groups excluding tert-OH is 2. The first-order valence-electron chi connectivity index (χ1n) is 34.4. The summed E-state index contributed by atoms with van der Waals surface area (Å²) >= 11 is 0. The van der Waals surface area contributed by atoms with Crippen molar-refractivity contribution in [2.24, 2.45) is 23.1 Å². The summed E-state index contributed by atoms with van der Waals surface area (Å²) in [6.07, 6.45) is 2.71. The van der Waals surface area contributed by atoms with E-state index in [4.69, 9.17) is 17.2 Å². The topological polar surface area (TPSA) is 666 Å². The van der Waals surface area contributed by atoms with Crippen LogP contribution in [-0.2, 0) is 99.1 Å². The number of nitrogens with zero attached hydrogens (tertiary/aromatic N) is 4. The molecule has 0 saturated carbocycles. The Balaban J connectivity index is 1.42. The standard InChI is InChI=1S/C62H92N22O21S4/c1-27(2)47-60(103)74-33(15-44(64)87)52(95)75-34(13-30-17-66-25-68-30)61(104)84-12-6-8-43(84)59(102)73-32(9-10-46(89)90)51(94)70-28(3)49(92)79-38(48(65)91)21-106-108-24-41-57(100)77-36(19-85)53(96)76-35(14-31-18-67-26-69-31)62(105)83-11-5-7-42(83)58(101)71-29(4)50(93)80-40(56(99)78-37(20-86)54(97)82-47)23-109-107-22-39(55(98)81-41)72-45(88)16-63/h17-18,25-29,32-43,47,85-86H,5-16,19-24,63H2,1-4H3,(H2,64,87)(H2,65,91)(H,66,68)(H,67,69)(H,70,94)(H,71,101)(H,72,88)(H,73,102)(H,74,103)(H,75,95)(H,76,96)(H,77,100)(H,78,99)(H,79,92)(H,80,93)(H,81,98)(H,82,97)(H,89,90)/t28-,29-,32-,33-,34-,35-,36-,37-,38-,39-,40-,41-,42-,43-,47-/m0/s1. The van der Waals surface area contributed by atoms with Crippen molar-refractivity contribution in [3.8, 4) is 0 Å². The number of hydrogen-bond donors (Lipinski definition) is 21. The summed E-state index contributed by atoms with van der Waals surface area (Å²) in [7, 11) is 3.15. The van der Waals surface area contributed by atoms with Crippen LogP contribution in [0.15, 0.2) is 25.0 Å². The van der Waals surface area contributed by atoms with Crippen LogP contribution in [0.4, 0.5) is 0 Å². The number of carbonyl (C=O) groups is 18. The molecule has 109 heavy (non-hydrogen) atoms. The van der Waals surface area contributed by atoms with Crippen molar-refractivity contribution in [3.63, 3.8) is 0 Å². The second-order valence-electron chi connectivity index (χ2n) is 26.0. The number of aromatic amines is 2. The highest BCUT2D eigenvalue weighted by Gasteiger charge is 2.44. The lowest BCUT2D eigenvalue weighted by molar-refractivity contribution is -0.143. The van der Waals surface area contributed by atoms with Crippen molar-refractivity contribution in [2.45, 2.75) is 176 Å². The number of carbonyl (C=O) groups excluding carboxylic acids is 17. The van der Waals surface area contributed by atoms with Crippen LogP contribution in [0, 0.1) is 5.92 Å². The molecule has 4 fully saturated rings. The van der Waals surface area contributed by atoms with Gasteiger partial charge in [0.2, 0.25) is 100 Å². The second-order valence-corrected chi connectivity index (χ2v) is 31.1. The summed E-state index contributed by atoms with van der Waals surface area (Å²) < 4.78 is 0. The molecule has 0 aliphatic carbocycles. The van der Waals surface area contributed by atoms with E-state index >= 15 is 0 Å². The lowest BCUT2D eigenvalue weighted by Crippen LogP contribution is -2.62. The maximum absolute atomic E-state index is 14.8. The second kappa shape index (κ2) is 42.8. The number of fused-ring (bicyclic) bond motifs is 10. The van der Waals surface area contributed by atoms with E-state index in [1.807, 2.05) is 0 Å². The molecule has 4 saturated heterocycles. The molecule has 43 nitrogen and oxygen atoms in total. The monoisotopic (exact) mass is 1610 g/mol. The minimum absolute atomic E-state index is 0.0438. The molecule has 6 heterocycles. The Morgan fingerprint density at radius 3 is 1.42 bits per heavy atom. The van der Waals surface area contributed by atoms with E-state index in [1.54, 1.807) is 0 Å². The molecule has 2 bridgehead atoms. The molecular weight excluding hydrogens is 1520 g/mol. The highest BCUT2D eigenvalue weighted by atomic mass is 33.1. The lowest BCUT2D eigenvalue weighted by atomic mass is 10.0. The Morgan fingerprint density at radius 2 is 0.954 bits per heavy atom. The average molecular weight is 1610 g/mol. The molecule has 47 heteroatoms. The van der Waals surface area contributed by atoms with Gasteiger partial charge in [0.1, 0.15) is 90.6 Å². The first kappa shape index (κ1) is 88.1. The van der Waals surface area contributed by atoms with Crippen molar-refractivity contribution in [1.82, 2.24) is 98.9 Å². The Bertz CT molecular complexity index is 3640. The van der Waals surface area contributed by atoms with Crippen LogP contribution in [0.1, 0.15) is 84.0 Å². The van der Waals surface area contributed by atoms with Gasteiger partial charge < -0.3 is 121 Å². The van der Waals surface area contributed by atoms with E-state index in [9.17, 15) is 102 Å². The van der Waals surface area contributed by atoms with E-state index in [2.05, 4.69) is 89.1 Å². The van der Waals surface area contributed by atoms with Gasteiger partial charge in [0, 0.05) is 79.1 Å². The molecule has 2 aromatic rings. The number of aliphatic hydroxyl groups is 2. The van der Waals surface area contributed by atoms with Gasteiger partial charge in [-0.3, -0.25) is 86.3 Å². The van der Waals surface area contributed by atoms with Gasteiger partial charge in [-0.15, -0.1) is 0 Å². The summed E-state index contributed by atoms with van der Waals surface area (Å²) in [4.78, 5) is 267. The number of imidazole rings is 2. The molecule has 4 aliphatic rings. The lowest BCUT2D eigenvalue weighted by Gasteiger charge is -2.31. The molecule has 0 unspecified atom stereocenters. The summed E-state index contributed by atoms with van der Waals surface area (Å²) in [5, 5.41) is 62.7. The number of carboxylic acid groups (broad SMARTS) is 1. The summed E-state index contributed by atoms with van der Waals surface area (Å²) in [5.74, 6) is -22.2. The first-order chi connectivity index (χ1) is 51.7. The average Bonchev–Trinajstić information content (AvgIpc) is 1.72. The highest BCUT2D eigenvalue weighted by Crippen LogP contribution is 2.27. The Morgan fingerprint density at radius 1 is 0.523 bits per heavy atom. The molecule has 0 aromatic carbocycles. The zero-order chi connectivity index (χ0) is 80.3. The van der Waals surface area contributed by atoms with Crippen LogP contribution >= 0.6 is 43.2 Å². The zero-order valence-corrected chi connectivity index (χ0v) is 62.9. The quantitative estimate of drug-likeness (QED) is 0.0736. The molecule has 15 atom stereocenters. The zero-order valence-electron chi connectivity index (χ0n) is 59.6. The molecule has 17 amide bonds. The maximum atomic E-state index is 14.8. The maximum Gasteiger partial charge on any atom is 0.303 e. The third kappa shape index (κ3) is 26.5. The molecular formula is C62H92N22O21S4. The van der Waals surface area contributed by atoms with Gasteiger partial charge in [0.15, 0.2) is 0 Å². The van der Waals surface area contributed by atoms with Crippen molar-refractivity contribution in [3.05, 3.63) is 36.4 Å². The number of H-pyrrole nitrogens is 2. The van der Waals surface area contributed by atoms with Crippen molar-refractivity contribution < 1.29 is 102 Å². The molecule has 0 radical (unpaired) electrons. The number of aromatic nitrogens is 4. The Labute approximate surface area is 638 Å². The highest BCUT2D eigenvalue weighted by molar-refractivity contribution is 8.77. The number of carboxylic acids is 1. The molecule has 6 rings (SSSR count). The van der Waals surface area contributed by atoms with E-state index < -0.39 is 265 Å².